The van der Waals surface area contributed by atoms with Crippen molar-refractivity contribution in [3.8, 4) is 16.3 Å². The number of methoxy groups -OCH3 is 1. The second-order valence-electron chi connectivity index (χ2n) is 5.74. The number of thiophene rings is 1. The topological polar surface area (TPSA) is 51.2 Å². The molecule has 1 amide bonds. The number of nitrogens with zero attached hydrogens (tertiary/aromatic N) is 1. The van der Waals surface area contributed by atoms with E-state index in [1.807, 2.05) is 66.0 Å². The van der Waals surface area contributed by atoms with Crippen molar-refractivity contribution in [3.05, 3.63) is 77.7 Å². The summed E-state index contributed by atoms with van der Waals surface area (Å²) in [5.74, 6) is 0.524. The Morgan fingerprint density at radius 2 is 1.92 bits per heavy atom. The summed E-state index contributed by atoms with van der Waals surface area (Å²) in [7, 11) is 1.60. The summed E-state index contributed by atoms with van der Waals surface area (Å²) < 4.78 is 5.22. The number of ether oxygens (including phenoxy) is 1. The highest BCUT2D eigenvalue weighted by molar-refractivity contribution is 7.13. The van der Waals surface area contributed by atoms with Crippen molar-refractivity contribution in [3.63, 3.8) is 0 Å². The largest absolute Gasteiger partial charge is 0.497 e. The Morgan fingerprint density at radius 1 is 1.04 bits per heavy atom. The molecule has 0 saturated heterocycles. The number of carbonyl (C=O) groups is 1. The van der Waals surface area contributed by atoms with Gasteiger partial charge in [0.25, 0.3) is 5.91 Å². The Bertz CT molecular complexity index is 1070. The van der Waals surface area contributed by atoms with E-state index < -0.39 is 0 Å². The number of fused-ring (bicyclic) bond motifs is 1. The first-order chi connectivity index (χ1) is 12.7. The number of aromatic nitrogens is 1. The predicted octanol–water partition coefficient (Wildman–Crippen LogP) is 5.22. The molecule has 0 unspecified atom stereocenters. The van der Waals surface area contributed by atoms with E-state index in [9.17, 15) is 4.79 Å². The third kappa shape index (κ3) is 3.17. The average Bonchev–Trinajstić information content (AvgIpc) is 3.22. The standard InChI is InChI=1S/C21H16N2O2S/c1-25-15-7-4-6-14(12-15)22-21(24)17-13-19(20-10-5-11-26-20)23-18-9-3-2-8-16(17)18/h2-13H,1H3,(H,22,24). The molecular formula is C21H16N2O2S. The molecule has 4 rings (SSSR count). The van der Waals surface area contributed by atoms with Gasteiger partial charge in [0.15, 0.2) is 0 Å². The molecule has 2 aromatic heterocycles. The van der Waals surface area contributed by atoms with Gasteiger partial charge in [-0.1, -0.05) is 30.3 Å². The van der Waals surface area contributed by atoms with E-state index in [0.29, 0.717) is 17.0 Å². The summed E-state index contributed by atoms with van der Waals surface area (Å²) in [4.78, 5) is 18.7. The van der Waals surface area contributed by atoms with Crippen LogP contribution < -0.4 is 10.1 Å². The van der Waals surface area contributed by atoms with E-state index in [4.69, 9.17) is 9.72 Å². The highest BCUT2D eigenvalue weighted by Crippen LogP contribution is 2.28. The maximum Gasteiger partial charge on any atom is 0.256 e. The van der Waals surface area contributed by atoms with Crippen molar-refractivity contribution in [2.45, 2.75) is 0 Å². The number of nitrogens with one attached hydrogen (secondary N) is 1. The molecule has 0 aliphatic rings. The van der Waals surface area contributed by atoms with Crippen molar-refractivity contribution >= 4 is 33.8 Å². The zero-order valence-electron chi connectivity index (χ0n) is 14.1. The van der Waals surface area contributed by atoms with Gasteiger partial charge in [0.2, 0.25) is 0 Å². The molecule has 0 saturated carbocycles. The summed E-state index contributed by atoms with van der Waals surface area (Å²) in [5, 5.41) is 5.78. The van der Waals surface area contributed by atoms with E-state index >= 15 is 0 Å². The molecule has 2 heterocycles. The summed E-state index contributed by atoms with van der Waals surface area (Å²) in [5.41, 5.74) is 2.89. The predicted molar refractivity (Wildman–Crippen MR) is 106 cm³/mol. The molecule has 0 atom stereocenters. The van der Waals surface area contributed by atoms with Crippen molar-refractivity contribution in [1.82, 2.24) is 4.98 Å². The van der Waals surface area contributed by atoms with Gasteiger partial charge in [0.1, 0.15) is 5.75 Å². The Kier molecular flexibility index (Phi) is 4.37. The number of rotatable bonds is 4. The van der Waals surface area contributed by atoms with Crippen LogP contribution in [-0.2, 0) is 0 Å². The highest BCUT2D eigenvalue weighted by atomic mass is 32.1. The maximum absolute atomic E-state index is 13.0. The fourth-order valence-electron chi connectivity index (χ4n) is 2.81. The number of benzene rings is 2. The van der Waals surface area contributed by atoms with Crippen LogP contribution in [0, 0.1) is 0 Å². The normalized spacial score (nSPS) is 10.7. The van der Waals surface area contributed by atoms with E-state index in [0.717, 1.165) is 21.5 Å². The van der Waals surface area contributed by atoms with E-state index in [-0.39, 0.29) is 5.91 Å². The van der Waals surface area contributed by atoms with Gasteiger partial charge in [-0.2, -0.15) is 0 Å². The number of para-hydroxylation sites is 1. The van der Waals surface area contributed by atoms with Crippen molar-refractivity contribution in [2.75, 3.05) is 12.4 Å². The van der Waals surface area contributed by atoms with Gasteiger partial charge in [-0.3, -0.25) is 4.79 Å². The lowest BCUT2D eigenvalue weighted by Gasteiger charge is -2.10. The van der Waals surface area contributed by atoms with Gasteiger partial charge in [0, 0.05) is 17.1 Å². The molecule has 128 valence electrons. The van der Waals surface area contributed by atoms with Crippen LogP contribution in [0.5, 0.6) is 5.75 Å². The Balaban J connectivity index is 1.77. The zero-order valence-corrected chi connectivity index (χ0v) is 14.9. The average molecular weight is 360 g/mol. The highest BCUT2D eigenvalue weighted by Gasteiger charge is 2.14. The quantitative estimate of drug-likeness (QED) is 0.542. The molecule has 0 spiro atoms. The van der Waals surface area contributed by atoms with E-state index in [1.165, 1.54) is 0 Å². The van der Waals surface area contributed by atoms with Gasteiger partial charge >= 0.3 is 0 Å². The lowest BCUT2D eigenvalue weighted by atomic mass is 10.1. The summed E-state index contributed by atoms with van der Waals surface area (Å²) in [6.45, 7) is 0. The molecule has 1 N–H and O–H groups in total. The summed E-state index contributed by atoms with van der Waals surface area (Å²) >= 11 is 1.60. The number of anilines is 1. The Labute approximate surface area is 155 Å². The molecule has 4 aromatic rings. The molecule has 0 fully saturated rings. The molecule has 26 heavy (non-hydrogen) atoms. The first-order valence-electron chi connectivity index (χ1n) is 8.13. The van der Waals surface area contributed by atoms with Gasteiger partial charge in [0.05, 0.1) is 28.8 Å². The minimum Gasteiger partial charge on any atom is -0.497 e. The third-order valence-electron chi connectivity index (χ3n) is 4.06. The van der Waals surface area contributed by atoms with Crippen LogP contribution >= 0.6 is 11.3 Å². The second-order valence-corrected chi connectivity index (χ2v) is 6.68. The van der Waals surface area contributed by atoms with Crippen LogP contribution in [0.25, 0.3) is 21.5 Å². The lowest BCUT2D eigenvalue weighted by molar-refractivity contribution is 0.102. The number of hydrogen-bond acceptors (Lipinski definition) is 4. The van der Waals surface area contributed by atoms with Crippen LogP contribution in [0.3, 0.4) is 0 Å². The van der Waals surface area contributed by atoms with Gasteiger partial charge < -0.3 is 10.1 Å². The van der Waals surface area contributed by atoms with Crippen LogP contribution in [0.15, 0.2) is 72.1 Å². The van der Waals surface area contributed by atoms with Crippen molar-refractivity contribution in [2.24, 2.45) is 0 Å². The van der Waals surface area contributed by atoms with Gasteiger partial charge in [-0.25, -0.2) is 4.98 Å². The van der Waals surface area contributed by atoms with Gasteiger partial charge in [-0.15, -0.1) is 11.3 Å². The molecule has 0 bridgehead atoms. The zero-order chi connectivity index (χ0) is 17.9. The van der Waals surface area contributed by atoms with Crippen molar-refractivity contribution < 1.29 is 9.53 Å². The minimum atomic E-state index is -0.172. The first-order valence-corrected chi connectivity index (χ1v) is 9.01. The molecule has 2 aromatic carbocycles. The second kappa shape index (κ2) is 6.98. The molecule has 0 aliphatic carbocycles. The SMILES string of the molecule is COc1cccc(NC(=O)c2cc(-c3cccs3)nc3ccccc23)c1. The first kappa shape index (κ1) is 16.3. The minimum absolute atomic E-state index is 0.172. The van der Waals surface area contributed by atoms with Crippen LogP contribution in [0.4, 0.5) is 5.69 Å². The summed E-state index contributed by atoms with van der Waals surface area (Å²) in [6.07, 6.45) is 0. The van der Waals surface area contributed by atoms with Crippen LogP contribution in [0.2, 0.25) is 0 Å². The third-order valence-corrected chi connectivity index (χ3v) is 4.95. The number of carbonyl (C=O) groups excluding carboxylic acids is 1. The van der Waals surface area contributed by atoms with Gasteiger partial charge in [-0.05, 0) is 35.7 Å². The monoisotopic (exact) mass is 360 g/mol. The molecule has 5 heteroatoms. The number of pyridine rings is 1. The number of amides is 1. The fourth-order valence-corrected chi connectivity index (χ4v) is 3.50. The maximum atomic E-state index is 13.0. The van der Waals surface area contributed by atoms with Crippen LogP contribution in [0.1, 0.15) is 10.4 Å². The number of hydrogen-bond donors (Lipinski definition) is 1. The Hall–Kier alpha value is -3.18. The fraction of sp³-hybridized carbons (Fsp3) is 0.0476. The van der Waals surface area contributed by atoms with Crippen molar-refractivity contribution in [1.29, 1.82) is 0 Å². The Morgan fingerprint density at radius 3 is 2.73 bits per heavy atom. The van der Waals surface area contributed by atoms with E-state index in [1.54, 1.807) is 24.5 Å². The smallest absolute Gasteiger partial charge is 0.256 e. The molecule has 4 nitrogen and oxygen atoms in total. The summed E-state index contributed by atoms with van der Waals surface area (Å²) in [6, 6.07) is 20.8. The molecular weight excluding hydrogens is 344 g/mol. The molecule has 0 radical (unpaired) electrons. The molecule has 0 aliphatic heterocycles. The lowest BCUT2D eigenvalue weighted by Crippen LogP contribution is -2.13. The van der Waals surface area contributed by atoms with Crippen LogP contribution in [-0.4, -0.2) is 18.0 Å². The van der Waals surface area contributed by atoms with E-state index in [2.05, 4.69) is 5.32 Å².